The van der Waals surface area contributed by atoms with Gasteiger partial charge in [-0.1, -0.05) is 24.3 Å². The highest BCUT2D eigenvalue weighted by atomic mass is 16.5. The summed E-state index contributed by atoms with van der Waals surface area (Å²) in [6.07, 6.45) is 2.68. The van der Waals surface area contributed by atoms with Crippen molar-refractivity contribution in [3.8, 4) is 0 Å². The van der Waals surface area contributed by atoms with Gasteiger partial charge in [-0.05, 0) is 44.7 Å². The summed E-state index contributed by atoms with van der Waals surface area (Å²) in [5, 5.41) is 3.53. The number of rotatable bonds is 5. The standard InChI is InChI=1S/C15H23NO/c1-15(2,3)17-11-13-6-4-5-12(9-13)10-16-14-7-8-14/h4-6,9,14,16H,7-8,10-11H2,1-3H3. The molecule has 2 nitrogen and oxygen atoms in total. The van der Waals surface area contributed by atoms with E-state index in [0.717, 1.165) is 12.6 Å². The quantitative estimate of drug-likeness (QED) is 0.843. The molecule has 1 saturated carbocycles. The summed E-state index contributed by atoms with van der Waals surface area (Å²) in [7, 11) is 0. The van der Waals surface area contributed by atoms with Crippen LogP contribution in [0.1, 0.15) is 44.7 Å². The van der Waals surface area contributed by atoms with Gasteiger partial charge in [0, 0.05) is 12.6 Å². The molecule has 1 N–H and O–H groups in total. The first kappa shape index (κ1) is 12.6. The second kappa shape index (κ2) is 5.19. The number of hydrogen-bond acceptors (Lipinski definition) is 2. The molecule has 1 aliphatic rings. The van der Waals surface area contributed by atoms with Crippen LogP contribution in [-0.4, -0.2) is 11.6 Å². The van der Waals surface area contributed by atoms with Gasteiger partial charge < -0.3 is 10.1 Å². The second-order valence-electron chi connectivity index (χ2n) is 5.88. The van der Waals surface area contributed by atoms with Gasteiger partial charge in [-0.2, -0.15) is 0 Å². The molecule has 17 heavy (non-hydrogen) atoms. The Morgan fingerprint density at radius 2 is 1.94 bits per heavy atom. The predicted molar refractivity (Wildman–Crippen MR) is 70.8 cm³/mol. The Labute approximate surface area is 104 Å². The van der Waals surface area contributed by atoms with Crippen LogP contribution in [0.4, 0.5) is 0 Å². The lowest BCUT2D eigenvalue weighted by Gasteiger charge is -2.19. The molecule has 0 heterocycles. The molecule has 0 bridgehead atoms. The van der Waals surface area contributed by atoms with Crippen LogP contribution < -0.4 is 5.32 Å². The summed E-state index contributed by atoms with van der Waals surface area (Å²) in [6, 6.07) is 9.43. The van der Waals surface area contributed by atoms with Gasteiger partial charge in [0.1, 0.15) is 0 Å². The van der Waals surface area contributed by atoms with Crippen molar-refractivity contribution in [3.05, 3.63) is 35.4 Å². The summed E-state index contributed by atoms with van der Waals surface area (Å²) >= 11 is 0. The van der Waals surface area contributed by atoms with E-state index in [4.69, 9.17) is 4.74 Å². The normalized spacial score (nSPS) is 16.2. The zero-order valence-corrected chi connectivity index (χ0v) is 11.1. The fourth-order valence-corrected chi connectivity index (χ4v) is 1.68. The van der Waals surface area contributed by atoms with Crippen molar-refractivity contribution in [2.45, 2.75) is 58.4 Å². The smallest absolute Gasteiger partial charge is 0.0724 e. The molecule has 1 fully saturated rings. The largest absolute Gasteiger partial charge is 0.371 e. The minimum Gasteiger partial charge on any atom is -0.371 e. The third-order valence-corrected chi connectivity index (χ3v) is 2.84. The van der Waals surface area contributed by atoms with Crippen molar-refractivity contribution in [1.29, 1.82) is 0 Å². The predicted octanol–water partition coefficient (Wildman–Crippen LogP) is 3.25. The Kier molecular flexibility index (Phi) is 3.85. The van der Waals surface area contributed by atoms with Crippen LogP contribution in [0.25, 0.3) is 0 Å². The number of nitrogens with one attached hydrogen (secondary N) is 1. The highest BCUT2D eigenvalue weighted by molar-refractivity contribution is 5.23. The molecule has 0 spiro atoms. The Morgan fingerprint density at radius 1 is 1.24 bits per heavy atom. The first-order valence-corrected chi connectivity index (χ1v) is 6.48. The molecule has 1 aliphatic carbocycles. The van der Waals surface area contributed by atoms with Gasteiger partial charge in [0.15, 0.2) is 0 Å². The van der Waals surface area contributed by atoms with Crippen LogP contribution in [0, 0.1) is 0 Å². The van der Waals surface area contributed by atoms with E-state index in [0.29, 0.717) is 6.61 Å². The molecule has 0 aromatic heterocycles. The molecule has 0 aliphatic heterocycles. The van der Waals surface area contributed by atoms with Crippen LogP contribution >= 0.6 is 0 Å². The summed E-state index contributed by atoms with van der Waals surface area (Å²) in [4.78, 5) is 0. The fraction of sp³-hybridized carbons (Fsp3) is 0.600. The average Bonchev–Trinajstić information content (AvgIpc) is 3.07. The Bertz CT molecular complexity index is 363. The highest BCUT2D eigenvalue weighted by Crippen LogP contribution is 2.19. The molecular formula is C15H23NO. The molecule has 0 radical (unpaired) electrons. The monoisotopic (exact) mass is 233 g/mol. The van der Waals surface area contributed by atoms with E-state index in [9.17, 15) is 0 Å². The van der Waals surface area contributed by atoms with Crippen molar-refractivity contribution in [2.75, 3.05) is 0 Å². The Hall–Kier alpha value is -0.860. The Morgan fingerprint density at radius 3 is 2.59 bits per heavy atom. The zero-order chi connectivity index (χ0) is 12.3. The molecule has 2 rings (SSSR count). The molecular weight excluding hydrogens is 210 g/mol. The first-order valence-electron chi connectivity index (χ1n) is 6.48. The maximum Gasteiger partial charge on any atom is 0.0724 e. The Balaban J connectivity index is 1.86. The maximum absolute atomic E-state index is 5.79. The topological polar surface area (TPSA) is 21.3 Å². The van der Waals surface area contributed by atoms with Gasteiger partial charge in [-0.3, -0.25) is 0 Å². The maximum atomic E-state index is 5.79. The van der Waals surface area contributed by atoms with Crippen LogP contribution in [-0.2, 0) is 17.9 Å². The molecule has 94 valence electrons. The van der Waals surface area contributed by atoms with Crippen LogP contribution in [0.15, 0.2) is 24.3 Å². The summed E-state index contributed by atoms with van der Waals surface area (Å²) in [5.41, 5.74) is 2.55. The van der Waals surface area contributed by atoms with Crippen LogP contribution in [0.3, 0.4) is 0 Å². The van der Waals surface area contributed by atoms with E-state index >= 15 is 0 Å². The van der Waals surface area contributed by atoms with Gasteiger partial charge in [0.25, 0.3) is 0 Å². The van der Waals surface area contributed by atoms with E-state index in [1.807, 2.05) is 0 Å². The average molecular weight is 233 g/mol. The third kappa shape index (κ3) is 4.88. The zero-order valence-electron chi connectivity index (χ0n) is 11.1. The minimum atomic E-state index is -0.0672. The van der Waals surface area contributed by atoms with Crippen molar-refractivity contribution in [1.82, 2.24) is 5.32 Å². The molecule has 0 amide bonds. The van der Waals surface area contributed by atoms with E-state index in [1.165, 1.54) is 24.0 Å². The molecule has 1 aromatic carbocycles. The van der Waals surface area contributed by atoms with Gasteiger partial charge in [0.2, 0.25) is 0 Å². The number of ether oxygens (including phenoxy) is 1. The lowest BCUT2D eigenvalue weighted by molar-refractivity contribution is -0.0149. The third-order valence-electron chi connectivity index (χ3n) is 2.84. The molecule has 0 atom stereocenters. The molecule has 0 saturated heterocycles. The minimum absolute atomic E-state index is 0.0672. The van der Waals surface area contributed by atoms with Crippen molar-refractivity contribution in [2.24, 2.45) is 0 Å². The van der Waals surface area contributed by atoms with E-state index in [1.54, 1.807) is 0 Å². The van der Waals surface area contributed by atoms with Gasteiger partial charge >= 0.3 is 0 Å². The number of hydrogen-bond donors (Lipinski definition) is 1. The summed E-state index contributed by atoms with van der Waals surface area (Å²) in [5.74, 6) is 0. The van der Waals surface area contributed by atoms with E-state index in [2.05, 4.69) is 50.4 Å². The van der Waals surface area contributed by atoms with E-state index < -0.39 is 0 Å². The molecule has 0 unspecified atom stereocenters. The molecule has 2 heteroatoms. The summed E-state index contributed by atoms with van der Waals surface area (Å²) in [6.45, 7) is 7.94. The van der Waals surface area contributed by atoms with Crippen molar-refractivity contribution < 1.29 is 4.74 Å². The second-order valence-corrected chi connectivity index (χ2v) is 5.88. The SMILES string of the molecule is CC(C)(C)OCc1cccc(CNC2CC2)c1. The molecule has 1 aromatic rings. The van der Waals surface area contributed by atoms with Crippen molar-refractivity contribution >= 4 is 0 Å². The lowest BCUT2D eigenvalue weighted by Crippen LogP contribution is -2.19. The number of benzene rings is 1. The van der Waals surface area contributed by atoms with Crippen molar-refractivity contribution in [3.63, 3.8) is 0 Å². The van der Waals surface area contributed by atoms with Crippen LogP contribution in [0.5, 0.6) is 0 Å². The fourth-order valence-electron chi connectivity index (χ4n) is 1.68. The summed E-state index contributed by atoms with van der Waals surface area (Å²) < 4.78 is 5.79. The van der Waals surface area contributed by atoms with Gasteiger partial charge in [-0.15, -0.1) is 0 Å². The first-order chi connectivity index (χ1) is 8.03. The van der Waals surface area contributed by atoms with Crippen LogP contribution in [0.2, 0.25) is 0 Å². The highest BCUT2D eigenvalue weighted by Gasteiger charge is 2.19. The lowest BCUT2D eigenvalue weighted by atomic mass is 10.1. The van der Waals surface area contributed by atoms with Gasteiger partial charge in [-0.25, -0.2) is 0 Å². The van der Waals surface area contributed by atoms with E-state index in [-0.39, 0.29) is 5.60 Å². The van der Waals surface area contributed by atoms with Gasteiger partial charge in [0.05, 0.1) is 12.2 Å².